The second kappa shape index (κ2) is 8.42. The van der Waals surface area contributed by atoms with E-state index < -0.39 is 0 Å². The summed E-state index contributed by atoms with van der Waals surface area (Å²) in [5.74, 6) is 0. The van der Waals surface area contributed by atoms with Crippen LogP contribution in [0.15, 0.2) is 30.3 Å². The first-order valence-corrected chi connectivity index (χ1v) is 8.69. The van der Waals surface area contributed by atoms with Gasteiger partial charge in [0.1, 0.15) is 0 Å². The fourth-order valence-electron chi connectivity index (χ4n) is 3.31. The average Bonchev–Trinajstić information content (AvgIpc) is 2.79. The molecule has 0 N–H and O–H groups in total. The highest BCUT2D eigenvalue weighted by Gasteiger charge is 2.21. The fraction of sp³-hybridized carbons (Fsp3) is 0.526. The van der Waals surface area contributed by atoms with E-state index in [-0.39, 0.29) is 0 Å². The molecular weight excluding hydrogens is 302 g/mol. The molecule has 1 aliphatic rings. The summed E-state index contributed by atoms with van der Waals surface area (Å²) in [5, 5.41) is 4.78. The molecule has 0 spiro atoms. The first kappa shape index (κ1) is 17.1. The van der Waals surface area contributed by atoms with E-state index in [4.69, 9.17) is 14.6 Å². The standard InChI is InChI=1S/C19H27N3O2/c1-21-18-9-11-22(12-13-24-15-14-23-2)10-8-17(18)19(20-21)16-6-4-3-5-7-16/h3-7H,8-15H2,1-2H3. The van der Waals surface area contributed by atoms with Gasteiger partial charge in [-0.2, -0.15) is 5.10 Å². The van der Waals surface area contributed by atoms with Gasteiger partial charge in [0, 0.05) is 57.0 Å². The molecule has 0 amide bonds. The second-order valence-electron chi connectivity index (χ2n) is 6.21. The Kier molecular flexibility index (Phi) is 6.01. The molecule has 0 saturated heterocycles. The number of fused-ring (bicyclic) bond motifs is 1. The van der Waals surface area contributed by atoms with Crippen LogP contribution in [-0.4, -0.2) is 61.2 Å². The second-order valence-corrected chi connectivity index (χ2v) is 6.21. The molecule has 3 rings (SSSR count). The van der Waals surface area contributed by atoms with Crippen molar-refractivity contribution in [2.75, 3.05) is 46.6 Å². The Balaban J connectivity index is 1.64. The van der Waals surface area contributed by atoms with Gasteiger partial charge in [0.15, 0.2) is 0 Å². The van der Waals surface area contributed by atoms with Crippen LogP contribution in [0.4, 0.5) is 0 Å². The molecule has 2 heterocycles. The summed E-state index contributed by atoms with van der Waals surface area (Å²) in [6, 6.07) is 10.5. The van der Waals surface area contributed by atoms with Gasteiger partial charge in [0.25, 0.3) is 0 Å². The van der Waals surface area contributed by atoms with Gasteiger partial charge in [-0.15, -0.1) is 0 Å². The molecule has 0 saturated carbocycles. The molecule has 5 nitrogen and oxygen atoms in total. The number of hydrogen-bond acceptors (Lipinski definition) is 4. The lowest BCUT2D eigenvalue weighted by atomic mass is 10.0. The van der Waals surface area contributed by atoms with Crippen molar-refractivity contribution in [2.45, 2.75) is 12.8 Å². The number of methoxy groups -OCH3 is 1. The Morgan fingerprint density at radius 2 is 1.83 bits per heavy atom. The monoisotopic (exact) mass is 329 g/mol. The lowest BCUT2D eigenvalue weighted by molar-refractivity contribution is 0.0577. The van der Waals surface area contributed by atoms with Gasteiger partial charge in [-0.3, -0.25) is 4.68 Å². The zero-order valence-electron chi connectivity index (χ0n) is 14.7. The minimum Gasteiger partial charge on any atom is -0.382 e. The van der Waals surface area contributed by atoms with E-state index >= 15 is 0 Å². The molecule has 1 aliphatic heterocycles. The number of nitrogens with zero attached hydrogens (tertiary/aromatic N) is 3. The molecular formula is C19H27N3O2. The predicted molar refractivity (Wildman–Crippen MR) is 95.2 cm³/mol. The number of aromatic nitrogens is 2. The van der Waals surface area contributed by atoms with Gasteiger partial charge in [-0.1, -0.05) is 30.3 Å². The van der Waals surface area contributed by atoms with E-state index in [1.54, 1.807) is 7.11 Å². The van der Waals surface area contributed by atoms with Crippen LogP contribution in [0.5, 0.6) is 0 Å². The maximum Gasteiger partial charge on any atom is 0.0958 e. The van der Waals surface area contributed by atoms with E-state index in [0.29, 0.717) is 13.2 Å². The number of aryl methyl sites for hydroxylation is 1. The topological polar surface area (TPSA) is 39.5 Å². The Morgan fingerprint density at radius 1 is 1.04 bits per heavy atom. The van der Waals surface area contributed by atoms with Crippen molar-refractivity contribution in [3.8, 4) is 11.3 Å². The summed E-state index contributed by atoms with van der Waals surface area (Å²) < 4.78 is 12.7. The molecule has 0 bridgehead atoms. The quantitative estimate of drug-likeness (QED) is 0.730. The van der Waals surface area contributed by atoms with Crippen molar-refractivity contribution in [3.63, 3.8) is 0 Å². The van der Waals surface area contributed by atoms with E-state index in [1.165, 1.54) is 16.8 Å². The summed E-state index contributed by atoms with van der Waals surface area (Å²) in [7, 11) is 3.77. The van der Waals surface area contributed by atoms with Crippen LogP contribution in [0.1, 0.15) is 11.3 Å². The molecule has 2 aromatic rings. The van der Waals surface area contributed by atoms with Gasteiger partial charge in [-0.25, -0.2) is 0 Å². The third kappa shape index (κ3) is 4.04. The van der Waals surface area contributed by atoms with Crippen molar-refractivity contribution in [1.82, 2.24) is 14.7 Å². The van der Waals surface area contributed by atoms with Crippen LogP contribution in [-0.2, 0) is 29.4 Å². The zero-order valence-corrected chi connectivity index (χ0v) is 14.7. The van der Waals surface area contributed by atoms with Crippen LogP contribution < -0.4 is 0 Å². The highest BCUT2D eigenvalue weighted by molar-refractivity contribution is 5.64. The van der Waals surface area contributed by atoms with Gasteiger partial charge in [0.2, 0.25) is 0 Å². The maximum atomic E-state index is 5.61. The molecule has 0 radical (unpaired) electrons. The molecule has 5 heteroatoms. The fourth-order valence-corrected chi connectivity index (χ4v) is 3.31. The molecule has 0 aliphatic carbocycles. The van der Waals surface area contributed by atoms with Crippen molar-refractivity contribution < 1.29 is 9.47 Å². The summed E-state index contributed by atoms with van der Waals surface area (Å²) >= 11 is 0. The number of rotatable bonds is 7. The largest absolute Gasteiger partial charge is 0.382 e. The lowest BCUT2D eigenvalue weighted by Crippen LogP contribution is -2.30. The van der Waals surface area contributed by atoms with Crippen molar-refractivity contribution in [2.24, 2.45) is 7.05 Å². The third-order valence-corrected chi connectivity index (χ3v) is 4.65. The number of hydrogen-bond donors (Lipinski definition) is 0. The van der Waals surface area contributed by atoms with Crippen LogP contribution >= 0.6 is 0 Å². The summed E-state index contributed by atoms with van der Waals surface area (Å²) in [6.45, 7) is 5.21. The molecule has 0 fully saturated rings. The van der Waals surface area contributed by atoms with E-state index in [0.717, 1.165) is 44.8 Å². The highest BCUT2D eigenvalue weighted by Crippen LogP contribution is 2.27. The van der Waals surface area contributed by atoms with Crippen LogP contribution in [0.2, 0.25) is 0 Å². The van der Waals surface area contributed by atoms with Crippen molar-refractivity contribution >= 4 is 0 Å². The zero-order chi connectivity index (χ0) is 16.8. The molecule has 1 aromatic carbocycles. The smallest absolute Gasteiger partial charge is 0.0958 e. The third-order valence-electron chi connectivity index (χ3n) is 4.65. The molecule has 1 aromatic heterocycles. The first-order chi connectivity index (χ1) is 11.8. The first-order valence-electron chi connectivity index (χ1n) is 8.69. The van der Waals surface area contributed by atoms with Gasteiger partial charge in [-0.05, 0) is 6.42 Å². The van der Waals surface area contributed by atoms with Gasteiger partial charge in [0.05, 0.1) is 25.5 Å². The summed E-state index contributed by atoms with van der Waals surface area (Å²) in [5.41, 5.74) is 5.14. The maximum absolute atomic E-state index is 5.61. The Labute approximate surface area is 144 Å². The Hall–Kier alpha value is -1.69. The number of benzene rings is 1. The molecule has 0 atom stereocenters. The van der Waals surface area contributed by atoms with E-state index in [1.807, 2.05) is 0 Å². The minimum absolute atomic E-state index is 0.664. The van der Waals surface area contributed by atoms with E-state index in [9.17, 15) is 0 Å². The molecule has 130 valence electrons. The van der Waals surface area contributed by atoms with E-state index in [2.05, 4.69) is 47.0 Å². The van der Waals surface area contributed by atoms with Crippen molar-refractivity contribution in [3.05, 3.63) is 41.6 Å². The van der Waals surface area contributed by atoms with Gasteiger partial charge < -0.3 is 14.4 Å². The molecule has 0 unspecified atom stereocenters. The van der Waals surface area contributed by atoms with Gasteiger partial charge >= 0.3 is 0 Å². The van der Waals surface area contributed by atoms with Crippen LogP contribution in [0.3, 0.4) is 0 Å². The van der Waals surface area contributed by atoms with Crippen LogP contribution in [0.25, 0.3) is 11.3 Å². The molecule has 24 heavy (non-hydrogen) atoms. The van der Waals surface area contributed by atoms with Crippen LogP contribution in [0, 0.1) is 0 Å². The highest BCUT2D eigenvalue weighted by atomic mass is 16.5. The predicted octanol–water partition coefficient (Wildman–Crippen LogP) is 2.15. The van der Waals surface area contributed by atoms with Crippen molar-refractivity contribution in [1.29, 1.82) is 0 Å². The normalized spacial score (nSPS) is 15.2. The summed E-state index contributed by atoms with van der Waals surface area (Å²) in [6.07, 6.45) is 2.09. The summed E-state index contributed by atoms with van der Waals surface area (Å²) in [4.78, 5) is 2.49. The SMILES string of the molecule is COCCOCCN1CCc2c(-c3ccccc3)nn(C)c2CC1. The number of ether oxygens (including phenoxy) is 2. The Morgan fingerprint density at radius 3 is 2.62 bits per heavy atom. The Bertz CT molecular complexity index is 640. The average molecular weight is 329 g/mol. The minimum atomic E-state index is 0.664. The lowest BCUT2D eigenvalue weighted by Gasteiger charge is -2.19.